The molecule has 2 nitrogen and oxygen atoms in total. The summed E-state index contributed by atoms with van der Waals surface area (Å²) < 4.78 is 12.6. The van der Waals surface area contributed by atoms with Gasteiger partial charge in [0.05, 0.1) is 0 Å². The van der Waals surface area contributed by atoms with Crippen molar-refractivity contribution in [2.75, 3.05) is 0 Å². The van der Waals surface area contributed by atoms with E-state index in [9.17, 15) is 9.50 Å². The Morgan fingerprint density at radius 3 is 2.00 bits per heavy atom. The summed E-state index contributed by atoms with van der Waals surface area (Å²) in [6, 6.07) is 10.1. The fourth-order valence-electron chi connectivity index (χ4n) is 1.28. The zero-order valence-corrected chi connectivity index (χ0v) is 8.81. The van der Waals surface area contributed by atoms with Gasteiger partial charge in [0.1, 0.15) is 5.82 Å². The second-order valence-electron chi connectivity index (χ2n) is 3.46. The third-order valence-corrected chi connectivity index (χ3v) is 2.17. The molecular formula is C14H9FO2. The number of rotatable bonds is 0. The van der Waals surface area contributed by atoms with Crippen LogP contribution in [-0.2, 0) is 0 Å². The number of phenolic OH excluding ortho intramolecular Hbond substituents is 2. The molecule has 2 rings (SSSR count). The first-order chi connectivity index (χ1) is 8.15. The molecule has 84 valence electrons. The highest BCUT2D eigenvalue weighted by atomic mass is 19.1. The Hall–Kier alpha value is -2.47. The van der Waals surface area contributed by atoms with E-state index >= 15 is 0 Å². The van der Waals surface area contributed by atoms with Crippen LogP contribution in [0.5, 0.6) is 11.5 Å². The number of hydrogen-bond donors (Lipinski definition) is 2. The molecule has 0 radical (unpaired) electrons. The molecular weight excluding hydrogens is 219 g/mol. The van der Waals surface area contributed by atoms with Crippen LogP contribution in [0.25, 0.3) is 0 Å². The molecule has 17 heavy (non-hydrogen) atoms. The Morgan fingerprint density at radius 1 is 0.765 bits per heavy atom. The van der Waals surface area contributed by atoms with Crippen LogP contribution in [0.1, 0.15) is 11.1 Å². The van der Waals surface area contributed by atoms with Crippen LogP contribution in [0.2, 0.25) is 0 Å². The summed E-state index contributed by atoms with van der Waals surface area (Å²) in [4.78, 5) is 0. The van der Waals surface area contributed by atoms with Gasteiger partial charge in [0.15, 0.2) is 11.5 Å². The van der Waals surface area contributed by atoms with E-state index in [0.29, 0.717) is 11.1 Å². The van der Waals surface area contributed by atoms with Crippen molar-refractivity contribution in [3.63, 3.8) is 0 Å². The highest BCUT2D eigenvalue weighted by molar-refractivity contribution is 5.49. The van der Waals surface area contributed by atoms with Crippen LogP contribution in [0, 0.1) is 17.7 Å². The molecule has 0 aromatic heterocycles. The summed E-state index contributed by atoms with van der Waals surface area (Å²) in [6.07, 6.45) is 0. The SMILES string of the molecule is Oc1ccc(C#Cc2ccc(F)cc2)cc1O. The summed E-state index contributed by atoms with van der Waals surface area (Å²) in [5, 5.41) is 18.4. The zero-order chi connectivity index (χ0) is 12.3. The molecule has 2 N–H and O–H groups in total. The predicted molar refractivity (Wildman–Crippen MR) is 62.2 cm³/mol. The Labute approximate surface area is 98.0 Å². The fraction of sp³-hybridized carbons (Fsp3) is 0. The molecule has 0 spiro atoms. The lowest BCUT2D eigenvalue weighted by atomic mass is 10.1. The minimum Gasteiger partial charge on any atom is -0.504 e. The normalized spacial score (nSPS) is 9.47. The maximum Gasteiger partial charge on any atom is 0.158 e. The van der Waals surface area contributed by atoms with Crippen LogP contribution < -0.4 is 0 Å². The molecule has 3 heteroatoms. The Balaban J connectivity index is 2.26. The average Bonchev–Trinajstić information content (AvgIpc) is 2.33. The lowest BCUT2D eigenvalue weighted by Crippen LogP contribution is -1.78. The van der Waals surface area contributed by atoms with E-state index in [1.165, 1.54) is 24.3 Å². The van der Waals surface area contributed by atoms with Crippen molar-refractivity contribution < 1.29 is 14.6 Å². The molecule has 0 amide bonds. The second-order valence-corrected chi connectivity index (χ2v) is 3.46. The summed E-state index contributed by atoms with van der Waals surface area (Å²) in [6.45, 7) is 0. The molecule has 0 aliphatic rings. The highest BCUT2D eigenvalue weighted by Crippen LogP contribution is 2.24. The molecule has 0 atom stereocenters. The first-order valence-corrected chi connectivity index (χ1v) is 4.95. The van der Waals surface area contributed by atoms with Gasteiger partial charge in [-0.15, -0.1) is 0 Å². The topological polar surface area (TPSA) is 40.5 Å². The Kier molecular flexibility index (Phi) is 2.97. The van der Waals surface area contributed by atoms with Gasteiger partial charge < -0.3 is 10.2 Å². The first kappa shape index (κ1) is 11.0. The van der Waals surface area contributed by atoms with Crippen molar-refractivity contribution in [1.29, 1.82) is 0 Å². The van der Waals surface area contributed by atoms with Gasteiger partial charge in [0, 0.05) is 11.1 Å². The number of phenols is 2. The van der Waals surface area contributed by atoms with Crippen molar-refractivity contribution in [3.05, 3.63) is 59.4 Å². The van der Waals surface area contributed by atoms with Gasteiger partial charge in [0.2, 0.25) is 0 Å². The Bertz CT molecular complexity index is 592. The number of halogens is 1. The predicted octanol–water partition coefficient (Wildman–Crippen LogP) is 2.64. The number of aromatic hydroxyl groups is 2. The molecule has 2 aromatic carbocycles. The van der Waals surface area contributed by atoms with Crippen molar-refractivity contribution in [1.82, 2.24) is 0 Å². The molecule has 0 unspecified atom stereocenters. The lowest BCUT2D eigenvalue weighted by Gasteiger charge is -1.96. The summed E-state index contributed by atoms with van der Waals surface area (Å²) in [5.74, 6) is 4.93. The van der Waals surface area contributed by atoms with Gasteiger partial charge in [-0.05, 0) is 42.5 Å². The standard InChI is InChI=1S/C14H9FO2/c15-12-6-3-10(4-7-12)1-2-11-5-8-13(16)14(17)9-11/h3-9,16-17H. The third-order valence-electron chi connectivity index (χ3n) is 2.17. The minimum absolute atomic E-state index is 0.183. The lowest BCUT2D eigenvalue weighted by molar-refractivity contribution is 0.403. The molecule has 0 heterocycles. The third kappa shape index (κ3) is 2.76. The quantitative estimate of drug-likeness (QED) is 0.537. The van der Waals surface area contributed by atoms with E-state index in [4.69, 9.17) is 5.11 Å². The maximum absolute atomic E-state index is 12.6. The molecule has 0 saturated carbocycles. The molecule has 0 bridgehead atoms. The summed E-state index contributed by atoms with van der Waals surface area (Å²) >= 11 is 0. The largest absolute Gasteiger partial charge is 0.504 e. The molecule has 0 aliphatic heterocycles. The smallest absolute Gasteiger partial charge is 0.158 e. The maximum atomic E-state index is 12.6. The highest BCUT2D eigenvalue weighted by Gasteiger charge is 1.97. The molecule has 0 fully saturated rings. The molecule has 0 saturated heterocycles. The van der Waals surface area contributed by atoms with Gasteiger partial charge in [-0.1, -0.05) is 11.8 Å². The minimum atomic E-state index is -0.308. The van der Waals surface area contributed by atoms with E-state index < -0.39 is 0 Å². The molecule has 2 aromatic rings. The van der Waals surface area contributed by atoms with Crippen molar-refractivity contribution in [2.24, 2.45) is 0 Å². The first-order valence-electron chi connectivity index (χ1n) is 4.95. The second kappa shape index (κ2) is 4.58. The van der Waals surface area contributed by atoms with Crippen LogP contribution in [0.4, 0.5) is 4.39 Å². The zero-order valence-electron chi connectivity index (χ0n) is 8.81. The van der Waals surface area contributed by atoms with E-state index in [1.54, 1.807) is 18.2 Å². The Morgan fingerprint density at radius 2 is 1.35 bits per heavy atom. The van der Waals surface area contributed by atoms with Crippen LogP contribution in [0.15, 0.2) is 42.5 Å². The van der Waals surface area contributed by atoms with Crippen LogP contribution in [0.3, 0.4) is 0 Å². The van der Waals surface area contributed by atoms with Crippen LogP contribution >= 0.6 is 0 Å². The monoisotopic (exact) mass is 228 g/mol. The van der Waals surface area contributed by atoms with Crippen molar-refractivity contribution in [2.45, 2.75) is 0 Å². The van der Waals surface area contributed by atoms with Gasteiger partial charge >= 0.3 is 0 Å². The molecule has 0 aliphatic carbocycles. The van der Waals surface area contributed by atoms with Gasteiger partial charge in [-0.2, -0.15) is 0 Å². The summed E-state index contributed by atoms with van der Waals surface area (Å²) in [7, 11) is 0. The van der Waals surface area contributed by atoms with E-state index in [1.807, 2.05) is 0 Å². The van der Waals surface area contributed by atoms with Crippen LogP contribution in [-0.4, -0.2) is 10.2 Å². The summed E-state index contributed by atoms with van der Waals surface area (Å²) in [5.41, 5.74) is 1.25. The number of benzene rings is 2. The number of hydrogen-bond acceptors (Lipinski definition) is 2. The van der Waals surface area contributed by atoms with Gasteiger partial charge in [-0.3, -0.25) is 0 Å². The van der Waals surface area contributed by atoms with Gasteiger partial charge in [-0.25, -0.2) is 4.39 Å². The van der Waals surface area contributed by atoms with E-state index in [-0.39, 0.29) is 17.3 Å². The van der Waals surface area contributed by atoms with E-state index in [0.717, 1.165) is 0 Å². The van der Waals surface area contributed by atoms with E-state index in [2.05, 4.69) is 11.8 Å². The average molecular weight is 228 g/mol. The van der Waals surface area contributed by atoms with Crippen molar-refractivity contribution >= 4 is 0 Å². The van der Waals surface area contributed by atoms with Crippen molar-refractivity contribution in [3.8, 4) is 23.3 Å². The van der Waals surface area contributed by atoms with Gasteiger partial charge in [0.25, 0.3) is 0 Å². The fourth-order valence-corrected chi connectivity index (χ4v) is 1.28.